The van der Waals surface area contributed by atoms with Gasteiger partial charge in [-0.25, -0.2) is 4.79 Å². The van der Waals surface area contributed by atoms with Crippen LogP contribution >= 0.6 is 0 Å². The molecule has 1 aliphatic rings. The first kappa shape index (κ1) is 17.9. The number of carbonyl (C=O) groups excluding carboxylic acids is 1. The Morgan fingerprint density at radius 2 is 1.64 bits per heavy atom. The van der Waals surface area contributed by atoms with Crippen molar-refractivity contribution in [3.63, 3.8) is 0 Å². The van der Waals surface area contributed by atoms with Crippen LogP contribution in [-0.2, 0) is 4.74 Å². The number of benzene rings is 3. The van der Waals surface area contributed by atoms with E-state index in [0.29, 0.717) is 0 Å². The summed E-state index contributed by atoms with van der Waals surface area (Å²) in [4.78, 5) is 12.0. The van der Waals surface area contributed by atoms with Crippen LogP contribution in [0, 0.1) is 0 Å². The summed E-state index contributed by atoms with van der Waals surface area (Å²) in [7, 11) is 3.28. The first-order valence-electron chi connectivity index (χ1n) is 9.04. The molecule has 3 aromatic rings. The van der Waals surface area contributed by atoms with Crippen LogP contribution in [0.2, 0.25) is 0 Å². The van der Waals surface area contributed by atoms with Crippen molar-refractivity contribution in [2.45, 2.75) is 12.1 Å². The van der Waals surface area contributed by atoms with E-state index < -0.39 is 12.2 Å². The summed E-state index contributed by atoms with van der Waals surface area (Å²) >= 11 is 0. The van der Waals surface area contributed by atoms with Crippen molar-refractivity contribution in [1.29, 1.82) is 0 Å². The van der Waals surface area contributed by atoms with Gasteiger partial charge in [-0.3, -0.25) is 0 Å². The van der Waals surface area contributed by atoms with E-state index in [4.69, 9.17) is 14.2 Å². The summed E-state index contributed by atoms with van der Waals surface area (Å²) in [5, 5.41) is 2.93. The molecular formula is C23H21NO4. The molecule has 1 amide bonds. The third-order valence-electron chi connectivity index (χ3n) is 4.90. The fourth-order valence-corrected chi connectivity index (χ4v) is 3.54. The quantitative estimate of drug-likeness (QED) is 0.690. The van der Waals surface area contributed by atoms with Gasteiger partial charge in [0.15, 0.2) is 6.10 Å². The summed E-state index contributed by atoms with van der Waals surface area (Å²) < 4.78 is 16.4. The standard InChI is InChI=1S/C23H21NO4/c1-26-18-10-6-9-17(14-18)22-21(24-23(25)28-22)16-8-5-7-15(13-16)19-11-3-4-12-20(19)27-2/h3-14,21-22H,1-2H3,(H,24,25)/t21-,22-/m1/s1. The van der Waals surface area contributed by atoms with Gasteiger partial charge in [-0.05, 0) is 41.0 Å². The summed E-state index contributed by atoms with van der Waals surface area (Å²) in [6, 6.07) is 23.2. The highest BCUT2D eigenvalue weighted by molar-refractivity contribution is 5.73. The van der Waals surface area contributed by atoms with Crippen molar-refractivity contribution in [2.24, 2.45) is 0 Å². The van der Waals surface area contributed by atoms with E-state index in [0.717, 1.165) is 33.8 Å². The number of methoxy groups -OCH3 is 2. The molecule has 1 heterocycles. The Morgan fingerprint density at radius 1 is 0.857 bits per heavy atom. The van der Waals surface area contributed by atoms with Crippen LogP contribution in [0.4, 0.5) is 4.79 Å². The number of hydrogen-bond donors (Lipinski definition) is 1. The smallest absolute Gasteiger partial charge is 0.408 e. The molecule has 0 aliphatic carbocycles. The average Bonchev–Trinajstić information content (AvgIpc) is 3.15. The predicted molar refractivity (Wildman–Crippen MR) is 107 cm³/mol. The molecule has 28 heavy (non-hydrogen) atoms. The van der Waals surface area contributed by atoms with Gasteiger partial charge < -0.3 is 19.5 Å². The van der Waals surface area contributed by atoms with Crippen LogP contribution in [-0.4, -0.2) is 20.3 Å². The molecule has 1 saturated heterocycles. The van der Waals surface area contributed by atoms with Gasteiger partial charge in [0.25, 0.3) is 0 Å². The van der Waals surface area contributed by atoms with Crippen molar-refractivity contribution in [3.05, 3.63) is 83.9 Å². The molecule has 2 atom stereocenters. The lowest BCUT2D eigenvalue weighted by atomic mass is 9.93. The highest BCUT2D eigenvalue weighted by Crippen LogP contribution is 2.39. The van der Waals surface area contributed by atoms with Gasteiger partial charge in [-0.15, -0.1) is 0 Å². The Labute approximate surface area is 163 Å². The molecular weight excluding hydrogens is 354 g/mol. The minimum Gasteiger partial charge on any atom is -0.497 e. The van der Waals surface area contributed by atoms with Gasteiger partial charge in [-0.1, -0.05) is 48.5 Å². The monoisotopic (exact) mass is 375 g/mol. The summed E-state index contributed by atoms with van der Waals surface area (Å²) in [6.07, 6.45) is -0.865. The van der Waals surface area contributed by atoms with Crippen LogP contribution in [0.25, 0.3) is 11.1 Å². The lowest BCUT2D eigenvalue weighted by Gasteiger charge is -2.19. The molecule has 0 unspecified atom stereocenters. The number of para-hydroxylation sites is 1. The van der Waals surface area contributed by atoms with E-state index in [-0.39, 0.29) is 6.04 Å². The molecule has 0 radical (unpaired) electrons. The van der Waals surface area contributed by atoms with Gasteiger partial charge in [0.2, 0.25) is 0 Å². The van der Waals surface area contributed by atoms with Crippen molar-refractivity contribution >= 4 is 6.09 Å². The number of rotatable bonds is 5. The number of nitrogens with one attached hydrogen (secondary N) is 1. The molecule has 3 aromatic carbocycles. The van der Waals surface area contributed by atoms with E-state index in [1.807, 2.05) is 66.7 Å². The molecule has 1 fully saturated rings. The topological polar surface area (TPSA) is 56.8 Å². The average molecular weight is 375 g/mol. The molecule has 0 saturated carbocycles. The van der Waals surface area contributed by atoms with E-state index in [1.54, 1.807) is 14.2 Å². The number of alkyl carbamates (subject to hydrolysis) is 1. The Morgan fingerprint density at radius 3 is 2.46 bits per heavy atom. The van der Waals surface area contributed by atoms with Crippen molar-refractivity contribution in [3.8, 4) is 22.6 Å². The zero-order valence-electron chi connectivity index (χ0n) is 15.7. The van der Waals surface area contributed by atoms with E-state index in [2.05, 4.69) is 11.4 Å². The zero-order chi connectivity index (χ0) is 19.5. The van der Waals surface area contributed by atoms with Crippen LogP contribution in [0.1, 0.15) is 23.3 Å². The predicted octanol–water partition coefficient (Wildman–Crippen LogP) is 4.89. The molecule has 5 heteroatoms. The summed E-state index contributed by atoms with van der Waals surface area (Å²) in [5.74, 6) is 1.53. The van der Waals surface area contributed by atoms with Gasteiger partial charge in [-0.2, -0.15) is 0 Å². The first-order valence-corrected chi connectivity index (χ1v) is 9.04. The molecule has 1 aliphatic heterocycles. The second kappa shape index (κ2) is 7.64. The van der Waals surface area contributed by atoms with E-state index in [1.165, 1.54) is 0 Å². The molecule has 0 spiro atoms. The second-order valence-corrected chi connectivity index (χ2v) is 6.55. The fraction of sp³-hybridized carbons (Fsp3) is 0.174. The molecule has 0 bridgehead atoms. The number of amides is 1. The van der Waals surface area contributed by atoms with Crippen molar-refractivity contribution < 1.29 is 19.0 Å². The molecule has 0 aromatic heterocycles. The fourth-order valence-electron chi connectivity index (χ4n) is 3.54. The Hall–Kier alpha value is -3.47. The van der Waals surface area contributed by atoms with Crippen LogP contribution < -0.4 is 14.8 Å². The maximum absolute atomic E-state index is 12.0. The van der Waals surface area contributed by atoms with Crippen molar-refractivity contribution in [2.75, 3.05) is 14.2 Å². The Balaban J connectivity index is 1.72. The second-order valence-electron chi connectivity index (χ2n) is 6.55. The molecule has 5 nitrogen and oxygen atoms in total. The normalized spacial score (nSPS) is 18.3. The third-order valence-corrected chi connectivity index (χ3v) is 4.90. The minimum atomic E-state index is -0.435. The van der Waals surface area contributed by atoms with Gasteiger partial charge in [0, 0.05) is 5.56 Å². The summed E-state index contributed by atoms with van der Waals surface area (Å²) in [6.45, 7) is 0. The number of hydrogen-bond acceptors (Lipinski definition) is 4. The highest BCUT2D eigenvalue weighted by atomic mass is 16.6. The number of carbonyl (C=O) groups is 1. The van der Waals surface area contributed by atoms with Crippen LogP contribution in [0.15, 0.2) is 72.8 Å². The van der Waals surface area contributed by atoms with Crippen LogP contribution in [0.3, 0.4) is 0 Å². The maximum Gasteiger partial charge on any atom is 0.408 e. The zero-order valence-corrected chi connectivity index (χ0v) is 15.7. The lowest BCUT2D eigenvalue weighted by molar-refractivity contribution is 0.132. The highest BCUT2D eigenvalue weighted by Gasteiger charge is 2.36. The Bertz CT molecular complexity index is 1000. The Kier molecular flexibility index (Phi) is 4.89. The lowest BCUT2D eigenvalue weighted by Crippen LogP contribution is -2.19. The van der Waals surface area contributed by atoms with Gasteiger partial charge in [0.1, 0.15) is 11.5 Å². The van der Waals surface area contributed by atoms with Gasteiger partial charge >= 0.3 is 6.09 Å². The molecule has 4 rings (SSSR count). The SMILES string of the molecule is COc1cccc([C@H]2OC(=O)N[C@@H]2c2cccc(-c3ccccc3OC)c2)c1. The number of cyclic esters (lactones) is 1. The maximum atomic E-state index is 12.0. The van der Waals surface area contributed by atoms with Gasteiger partial charge in [0.05, 0.1) is 20.3 Å². The molecule has 1 N–H and O–H groups in total. The number of ether oxygens (including phenoxy) is 3. The first-order chi connectivity index (χ1) is 13.7. The minimum absolute atomic E-state index is 0.297. The molecule has 142 valence electrons. The van der Waals surface area contributed by atoms with E-state index in [9.17, 15) is 4.79 Å². The van der Waals surface area contributed by atoms with Crippen LogP contribution in [0.5, 0.6) is 11.5 Å². The summed E-state index contributed by atoms with van der Waals surface area (Å²) in [5.41, 5.74) is 3.85. The largest absolute Gasteiger partial charge is 0.497 e. The van der Waals surface area contributed by atoms with E-state index >= 15 is 0 Å². The third kappa shape index (κ3) is 3.39. The van der Waals surface area contributed by atoms with Crippen molar-refractivity contribution in [1.82, 2.24) is 5.32 Å².